The van der Waals surface area contributed by atoms with E-state index in [1.165, 1.54) is 0 Å². The van der Waals surface area contributed by atoms with Crippen LogP contribution in [0.3, 0.4) is 0 Å². The van der Waals surface area contributed by atoms with Crippen LogP contribution < -0.4 is 5.32 Å². The molecule has 1 saturated carbocycles. The number of aliphatic hydroxyl groups is 1. The highest BCUT2D eigenvalue weighted by molar-refractivity contribution is 5.87. The van der Waals surface area contributed by atoms with Crippen molar-refractivity contribution in [2.45, 2.75) is 43.6 Å². The fourth-order valence-corrected chi connectivity index (χ4v) is 5.23. The van der Waals surface area contributed by atoms with Gasteiger partial charge in [0.25, 0.3) is 5.91 Å². The van der Waals surface area contributed by atoms with Crippen molar-refractivity contribution < 1.29 is 18.7 Å². The molecule has 4 rings (SSSR count). The third-order valence-corrected chi connectivity index (χ3v) is 6.78. The monoisotopic (exact) mass is 378 g/mol. The predicted molar refractivity (Wildman–Crippen MR) is 98.3 cm³/mol. The molecule has 0 spiro atoms. The molecular formula is C21H28F2N2O2. The standard InChI is InChI=1S/C21H28F2N2O2/c22-20(23)9-6-18(12-20)21(27,17-4-2-1-3-5-17)19(26)25-13-15-7-10-24-11-8-16(15)14-25/h1-5,15-16,18,24,27H,6-14H2/t15?,16?,18-,21+/m1/s1. The molecule has 2 saturated heterocycles. The van der Waals surface area contributed by atoms with Crippen molar-refractivity contribution in [2.75, 3.05) is 26.2 Å². The Morgan fingerprint density at radius 1 is 1.11 bits per heavy atom. The number of nitrogens with zero attached hydrogens (tertiary/aromatic N) is 1. The highest BCUT2D eigenvalue weighted by Crippen LogP contribution is 2.48. The molecule has 6 heteroatoms. The summed E-state index contributed by atoms with van der Waals surface area (Å²) in [6, 6.07) is 8.68. The Morgan fingerprint density at radius 2 is 1.74 bits per heavy atom. The maximum absolute atomic E-state index is 13.9. The largest absolute Gasteiger partial charge is 0.375 e. The normalized spacial score (nSPS) is 32.6. The Labute approximate surface area is 158 Å². The second kappa shape index (κ2) is 7.13. The summed E-state index contributed by atoms with van der Waals surface area (Å²) in [6.07, 6.45) is 1.49. The minimum absolute atomic E-state index is 0.161. The molecule has 2 N–H and O–H groups in total. The molecule has 4 nitrogen and oxygen atoms in total. The summed E-state index contributed by atoms with van der Waals surface area (Å²) in [5.41, 5.74) is -1.44. The lowest BCUT2D eigenvalue weighted by molar-refractivity contribution is -0.159. The van der Waals surface area contributed by atoms with Gasteiger partial charge in [0, 0.05) is 31.8 Å². The minimum Gasteiger partial charge on any atom is -0.375 e. The molecule has 1 aliphatic carbocycles. The molecule has 2 aliphatic heterocycles. The van der Waals surface area contributed by atoms with Gasteiger partial charge in [-0.1, -0.05) is 30.3 Å². The van der Waals surface area contributed by atoms with Gasteiger partial charge in [0.05, 0.1) is 0 Å². The molecule has 1 amide bonds. The fourth-order valence-electron chi connectivity index (χ4n) is 5.23. The number of rotatable bonds is 3. The van der Waals surface area contributed by atoms with Crippen LogP contribution in [0, 0.1) is 17.8 Å². The van der Waals surface area contributed by atoms with E-state index < -0.39 is 29.8 Å². The Kier molecular flexibility index (Phi) is 4.97. The molecule has 1 aromatic rings. The van der Waals surface area contributed by atoms with E-state index in [1.54, 1.807) is 35.2 Å². The summed E-state index contributed by atoms with van der Waals surface area (Å²) in [5.74, 6) is -3.11. The quantitative estimate of drug-likeness (QED) is 0.850. The van der Waals surface area contributed by atoms with Crippen molar-refractivity contribution in [3.05, 3.63) is 35.9 Å². The van der Waals surface area contributed by atoms with Crippen LogP contribution in [0.4, 0.5) is 8.78 Å². The average Bonchev–Trinajstić information content (AvgIpc) is 3.17. The molecule has 2 heterocycles. The summed E-state index contributed by atoms with van der Waals surface area (Å²) >= 11 is 0. The van der Waals surface area contributed by atoms with E-state index in [4.69, 9.17) is 0 Å². The molecular weight excluding hydrogens is 350 g/mol. The first-order valence-electron chi connectivity index (χ1n) is 10.1. The second-order valence-corrected chi connectivity index (χ2v) is 8.49. The number of nitrogens with one attached hydrogen (secondary N) is 1. The number of carbonyl (C=O) groups is 1. The third kappa shape index (κ3) is 3.49. The van der Waals surface area contributed by atoms with Crippen molar-refractivity contribution in [1.29, 1.82) is 0 Å². The van der Waals surface area contributed by atoms with E-state index in [1.807, 2.05) is 0 Å². The number of halogens is 2. The van der Waals surface area contributed by atoms with Gasteiger partial charge in [0.15, 0.2) is 5.60 Å². The summed E-state index contributed by atoms with van der Waals surface area (Å²) in [5, 5.41) is 15.0. The number of amides is 1. The van der Waals surface area contributed by atoms with Crippen LogP contribution in [-0.2, 0) is 10.4 Å². The number of hydrogen-bond acceptors (Lipinski definition) is 3. The Morgan fingerprint density at radius 3 is 2.30 bits per heavy atom. The number of carbonyl (C=O) groups excluding carboxylic acids is 1. The molecule has 2 unspecified atom stereocenters. The number of hydrogen-bond donors (Lipinski definition) is 2. The van der Waals surface area contributed by atoms with Crippen LogP contribution in [0.2, 0.25) is 0 Å². The molecule has 1 aromatic carbocycles. The van der Waals surface area contributed by atoms with Crippen molar-refractivity contribution in [3.8, 4) is 0 Å². The summed E-state index contributed by atoms with van der Waals surface area (Å²) < 4.78 is 27.8. The second-order valence-electron chi connectivity index (χ2n) is 8.49. The Hall–Kier alpha value is -1.53. The van der Waals surface area contributed by atoms with E-state index in [0.29, 0.717) is 30.5 Å². The van der Waals surface area contributed by atoms with Gasteiger partial charge < -0.3 is 15.3 Å². The van der Waals surface area contributed by atoms with E-state index in [-0.39, 0.29) is 12.8 Å². The molecule has 27 heavy (non-hydrogen) atoms. The van der Waals surface area contributed by atoms with Crippen molar-refractivity contribution in [1.82, 2.24) is 10.2 Å². The molecule has 4 atom stereocenters. The van der Waals surface area contributed by atoms with E-state index in [9.17, 15) is 18.7 Å². The number of alkyl halides is 2. The van der Waals surface area contributed by atoms with Crippen molar-refractivity contribution in [3.63, 3.8) is 0 Å². The average molecular weight is 378 g/mol. The topological polar surface area (TPSA) is 52.6 Å². The zero-order valence-electron chi connectivity index (χ0n) is 15.5. The Bertz CT molecular complexity index is 670. The zero-order chi connectivity index (χ0) is 19.1. The zero-order valence-corrected chi connectivity index (χ0v) is 15.5. The first-order valence-corrected chi connectivity index (χ1v) is 10.1. The maximum Gasteiger partial charge on any atom is 0.259 e. The Balaban J connectivity index is 1.62. The van der Waals surface area contributed by atoms with E-state index >= 15 is 0 Å². The smallest absolute Gasteiger partial charge is 0.259 e. The highest BCUT2D eigenvalue weighted by atomic mass is 19.3. The number of likely N-dealkylation sites (tertiary alicyclic amines) is 1. The number of benzene rings is 1. The van der Waals surface area contributed by atoms with Gasteiger partial charge in [-0.25, -0.2) is 8.78 Å². The lowest BCUT2D eigenvalue weighted by atomic mass is 9.79. The van der Waals surface area contributed by atoms with Gasteiger partial charge in [-0.3, -0.25) is 4.79 Å². The summed E-state index contributed by atoms with van der Waals surface area (Å²) in [6.45, 7) is 3.12. The first-order chi connectivity index (χ1) is 12.9. The van der Waals surface area contributed by atoms with Gasteiger partial charge in [0.2, 0.25) is 5.92 Å². The molecule has 0 radical (unpaired) electrons. The lowest BCUT2D eigenvalue weighted by Gasteiger charge is -2.36. The van der Waals surface area contributed by atoms with Gasteiger partial charge in [0.1, 0.15) is 0 Å². The highest BCUT2D eigenvalue weighted by Gasteiger charge is 2.55. The summed E-state index contributed by atoms with van der Waals surface area (Å²) in [4.78, 5) is 15.3. The van der Waals surface area contributed by atoms with Gasteiger partial charge in [-0.15, -0.1) is 0 Å². The molecule has 3 aliphatic rings. The molecule has 3 fully saturated rings. The van der Waals surface area contributed by atoms with Crippen LogP contribution in [0.1, 0.15) is 37.7 Å². The minimum atomic E-state index is -2.81. The SMILES string of the molecule is O=C(N1CC2CCNCCC2C1)[C@](O)(c1ccccc1)[C@@H]1CCC(F)(F)C1. The van der Waals surface area contributed by atoms with Crippen LogP contribution in [0.25, 0.3) is 0 Å². The van der Waals surface area contributed by atoms with Crippen LogP contribution in [-0.4, -0.2) is 48.0 Å². The first kappa shape index (κ1) is 18.8. The van der Waals surface area contributed by atoms with E-state index in [2.05, 4.69) is 5.32 Å². The predicted octanol–water partition coefficient (Wildman–Crippen LogP) is 2.77. The maximum atomic E-state index is 13.9. The third-order valence-electron chi connectivity index (χ3n) is 6.78. The number of fused-ring (bicyclic) bond motifs is 1. The molecule has 148 valence electrons. The van der Waals surface area contributed by atoms with Crippen molar-refractivity contribution >= 4 is 5.91 Å². The van der Waals surface area contributed by atoms with E-state index in [0.717, 1.165) is 25.9 Å². The van der Waals surface area contributed by atoms with Crippen molar-refractivity contribution in [2.24, 2.45) is 17.8 Å². The molecule has 0 bridgehead atoms. The van der Waals surface area contributed by atoms with Crippen LogP contribution in [0.15, 0.2) is 30.3 Å². The lowest BCUT2D eigenvalue weighted by Crippen LogP contribution is -2.50. The van der Waals surface area contributed by atoms with Crippen LogP contribution in [0.5, 0.6) is 0 Å². The van der Waals surface area contributed by atoms with Gasteiger partial charge >= 0.3 is 0 Å². The van der Waals surface area contributed by atoms with Gasteiger partial charge in [-0.2, -0.15) is 0 Å². The summed E-state index contributed by atoms with van der Waals surface area (Å²) in [7, 11) is 0. The molecule has 0 aromatic heterocycles. The fraction of sp³-hybridized carbons (Fsp3) is 0.667. The van der Waals surface area contributed by atoms with Crippen LogP contribution >= 0.6 is 0 Å². The van der Waals surface area contributed by atoms with Gasteiger partial charge in [-0.05, 0) is 49.8 Å².